The van der Waals surface area contributed by atoms with E-state index in [1.54, 1.807) is 0 Å². The van der Waals surface area contributed by atoms with Crippen molar-refractivity contribution in [2.24, 2.45) is 0 Å². The molecule has 0 unspecified atom stereocenters. The maximum Gasteiger partial charge on any atom is 0.255 e. The highest BCUT2D eigenvalue weighted by atomic mass is 127. The van der Waals surface area contributed by atoms with Crippen molar-refractivity contribution in [3.05, 3.63) is 80.9 Å². The van der Waals surface area contributed by atoms with Crippen molar-refractivity contribution < 1.29 is 9.21 Å². The van der Waals surface area contributed by atoms with Gasteiger partial charge in [-0.25, -0.2) is 4.98 Å². The van der Waals surface area contributed by atoms with Crippen LogP contribution in [-0.4, -0.2) is 10.9 Å². The van der Waals surface area contributed by atoms with Crippen LogP contribution in [-0.2, 0) is 0 Å². The van der Waals surface area contributed by atoms with Crippen LogP contribution in [0.5, 0.6) is 0 Å². The highest BCUT2D eigenvalue weighted by molar-refractivity contribution is 14.1. The number of carbonyl (C=O) groups excluding carboxylic acids is 1. The van der Waals surface area contributed by atoms with Gasteiger partial charge in [-0.3, -0.25) is 4.79 Å². The maximum absolute atomic E-state index is 12.6. The van der Waals surface area contributed by atoms with Gasteiger partial charge >= 0.3 is 0 Å². The monoisotopic (exact) mass is 468 g/mol. The van der Waals surface area contributed by atoms with Crippen molar-refractivity contribution in [2.45, 2.75) is 13.8 Å². The molecule has 1 heterocycles. The molecule has 0 aliphatic carbocycles. The molecule has 0 saturated carbocycles. The Labute approximate surface area is 170 Å². The molecule has 4 rings (SSSR count). The predicted octanol–water partition coefficient (Wildman–Crippen LogP) is 5.97. The zero-order valence-electron chi connectivity index (χ0n) is 14.9. The van der Waals surface area contributed by atoms with E-state index < -0.39 is 0 Å². The van der Waals surface area contributed by atoms with Crippen LogP contribution >= 0.6 is 22.6 Å². The molecule has 0 atom stereocenters. The molecule has 5 heteroatoms. The van der Waals surface area contributed by atoms with Crippen molar-refractivity contribution in [1.82, 2.24) is 4.98 Å². The first-order valence-corrected chi connectivity index (χ1v) is 9.62. The van der Waals surface area contributed by atoms with E-state index in [-0.39, 0.29) is 5.91 Å². The van der Waals surface area contributed by atoms with Crippen molar-refractivity contribution >= 4 is 45.3 Å². The van der Waals surface area contributed by atoms with Crippen LogP contribution in [0.3, 0.4) is 0 Å². The number of benzene rings is 3. The molecule has 4 nitrogen and oxygen atoms in total. The lowest BCUT2D eigenvalue weighted by molar-refractivity contribution is 0.102. The van der Waals surface area contributed by atoms with E-state index in [4.69, 9.17) is 4.42 Å². The second-order valence-electron chi connectivity index (χ2n) is 6.54. The molecule has 0 aliphatic rings. The number of fused-ring (bicyclic) bond motifs is 1. The summed E-state index contributed by atoms with van der Waals surface area (Å²) < 4.78 is 6.98. The molecule has 1 N–H and O–H groups in total. The van der Waals surface area contributed by atoms with E-state index >= 15 is 0 Å². The molecular weight excluding hydrogens is 451 g/mol. The summed E-state index contributed by atoms with van der Waals surface area (Å²) in [5, 5.41) is 2.94. The smallest absolute Gasteiger partial charge is 0.255 e. The first kappa shape index (κ1) is 17.7. The van der Waals surface area contributed by atoms with E-state index in [0.717, 1.165) is 20.3 Å². The number of amides is 1. The fraction of sp³-hybridized carbons (Fsp3) is 0.0909. The van der Waals surface area contributed by atoms with E-state index in [9.17, 15) is 4.79 Å². The van der Waals surface area contributed by atoms with Gasteiger partial charge in [-0.05, 0) is 85.0 Å². The van der Waals surface area contributed by atoms with Gasteiger partial charge in [0.25, 0.3) is 5.91 Å². The fourth-order valence-electron chi connectivity index (χ4n) is 3.06. The van der Waals surface area contributed by atoms with Crippen molar-refractivity contribution in [1.29, 1.82) is 0 Å². The standard InChI is InChI=1S/C22H17IN2O2/c1-13-8-14(2)10-16(9-13)21(26)24-18-6-7-20-19(12-18)25-22(27-20)15-4-3-5-17(23)11-15/h3-12H,1-2H3,(H,24,26). The van der Waals surface area contributed by atoms with E-state index in [2.05, 4.69) is 32.9 Å². The minimum atomic E-state index is -0.137. The van der Waals surface area contributed by atoms with Crippen molar-refractivity contribution in [2.75, 3.05) is 5.32 Å². The Morgan fingerprint density at radius 2 is 1.78 bits per heavy atom. The van der Waals surface area contributed by atoms with Crippen LogP contribution < -0.4 is 5.32 Å². The quantitative estimate of drug-likeness (QED) is 0.377. The van der Waals surface area contributed by atoms with Gasteiger partial charge < -0.3 is 9.73 Å². The number of hydrogen-bond donors (Lipinski definition) is 1. The van der Waals surface area contributed by atoms with Gasteiger partial charge in [0.2, 0.25) is 5.89 Å². The van der Waals surface area contributed by atoms with Crippen LogP contribution in [0.1, 0.15) is 21.5 Å². The first-order chi connectivity index (χ1) is 13.0. The minimum absolute atomic E-state index is 0.137. The summed E-state index contributed by atoms with van der Waals surface area (Å²) in [7, 11) is 0. The summed E-state index contributed by atoms with van der Waals surface area (Å²) in [4.78, 5) is 17.1. The van der Waals surface area contributed by atoms with Crippen LogP contribution in [0.2, 0.25) is 0 Å². The van der Waals surface area contributed by atoms with Crippen LogP contribution in [0.25, 0.3) is 22.6 Å². The molecule has 3 aromatic carbocycles. The summed E-state index contributed by atoms with van der Waals surface area (Å²) in [6, 6.07) is 19.3. The third-order valence-corrected chi connectivity index (χ3v) is 4.87. The molecule has 0 saturated heterocycles. The number of rotatable bonds is 3. The van der Waals surface area contributed by atoms with Crippen molar-refractivity contribution in [3.63, 3.8) is 0 Å². The Kier molecular flexibility index (Phi) is 4.70. The number of anilines is 1. The van der Waals surface area contributed by atoms with Crippen LogP contribution in [0.4, 0.5) is 5.69 Å². The van der Waals surface area contributed by atoms with Crippen molar-refractivity contribution in [3.8, 4) is 11.5 Å². The normalized spacial score (nSPS) is 10.9. The van der Waals surface area contributed by atoms with E-state index in [1.807, 2.05) is 74.5 Å². The number of carbonyl (C=O) groups is 1. The molecule has 134 valence electrons. The maximum atomic E-state index is 12.6. The number of oxazole rings is 1. The average Bonchev–Trinajstić information content (AvgIpc) is 3.04. The lowest BCUT2D eigenvalue weighted by Crippen LogP contribution is -2.12. The molecule has 0 spiro atoms. The van der Waals surface area contributed by atoms with Gasteiger partial charge in [0.15, 0.2) is 5.58 Å². The molecule has 27 heavy (non-hydrogen) atoms. The summed E-state index contributed by atoms with van der Waals surface area (Å²) in [5.74, 6) is 0.434. The predicted molar refractivity (Wildman–Crippen MR) is 116 cm³/mol. The highest BCUT2D eigenvalue weighted by Crippen LogP contribution is 2.27. The lowest BCUT2D eigenvalue weighted by atomic mass is 10.1. The van der Waals surface area contributed by atoms with E-state index in [0.29, 0.717) is 28.2 Å². The Balaban J connectivity index is 1.62. The molecule has 0 aliphatic heterocycles. The summed E-state index contributed by atoms with van der Waals surface area (Å²) in [6.07, 6.45) is 0. The summed E-state index contributed by atoms with van der Waals surface area (Å²) in [5.41, 5.74) is 5.79. The zero-order valence-corrected chi connectivity index (χ0v) is 17.1. The van der Waals surface area contributed by atoms with Gasteiger partial charge in [-0.1, -0.05) is 23.3 Å². The molecule has 4 aromatic rings. The van der Waals surface area contributed by atoms with Gasteiger partial charge in [-0.15, -0.1) is 0 Å². The second kappa shape index (κ2) is 7.15. The number of nitrogens with zero attached hydrogens (tertiary/aromatic N) is 1. The number of nitrogens with one attached hydrogen (secondary N) is 1. The Morgan fingerprint density at radius 3 is 2.52 bits per heavy atom. The fourth-order valence-corrected chi connectivity index (χ4v) is 3.60. The van der Waals surface area contributed by atoms with Gasteiger partial charge in [0.05, 0.1) is 0 Å². The van der Waals surface area contributed by atoms with E-state index in [1.165, 1.54) is 0 Å². The highest BCUT2D eigenvalue weighted by Gasteiger charge is 2.11. The Morgan fingerprint density at radius 1 is 1.00 bits per heavy atom. The number of hydrogen-bond acceptors (Lipinski definition) is 3. The molecular formula is C22H17IN2O2. The molecule has 1 amide bonds. The Hall–Kier alpha value is -2.67. The molecule has 0 bridgehead atoms. The summed E-state index contributed by atoms with van der Waals surface area (Å²) >= 11 is 2.26. The number of aromatic nitrogens is 1. The minimum Gasteiger partial charge on any atom is -0.436 e. The molecule has 0 fully saturated rings. The number of aryl methyl sites for hydroxylation is 2. The van der Waals surface area contributed by atoms with Gasteiger partial charge in [-0.2, -0.15) is 0 Å². The second-order valence-corrected chi connectivity index (χ2v) is 7.79. The lowest BCUT2D eigenvalue weighted by Gasteiger charge is -2.07. The number of halogens is 1. The third kappa shape index (κ3) is 3.88. The van der Waals surface area contributed by atoms with Gasteiger partial charge in [0, 0.05) is 20.4 Å². The van der Waals surface area contributed by atoms with Gasteiger partial charge in [0.1, 0.15) is 5.52 Å². The van der Waals surface area contributed by atoms with Crippen LogP contribution in [0.15, 0.2) is 65.1 Å². The third-order valence-electron chi connectivity index (χ3n) is 4.20. The molecule has 0 radical (unpaired) electrons. The van der Waals surface area contributed by atoms with Crippen LogP contribution in [0, 0.1) is 17.4 Å². The zero-order chi connectivity index (χ0) is 19.0. The summed E-state index contributed by atoms with van der Waals surface area (Å²) in [6.45, 7) is 3.97. The molecule has 1 aromatic heterocycles. The first-order valence-electron chi connectivity index (χ1n) is 8.54. The Bertz CT molecular complexity index is 1140. The topological polar surface area (TPSA) is 55.1 Å². The largest absolute Gasteiger partial charge is 0.436 e. The SMILES string of the molecule is Cc1cc(C)cc(C(=O)Nc2ccc3oc(-c4cccc(I)c4)nc3c2)c1. The average molecular weight is 468 g/mol.